The molecular formula is C19H20ClF3N4O. The molecule has 1 aliphatic heterocycles. The SMILES string of the molecule is Cc1cc(C)nc(N2CCC(C(=O)Nc3cc(C(F)(F)F)ccc3Cl)CC2)n1. The van der Waals surface area contributed by atoms with Gasteiger partial charge in [-0.15, -0.1) is 0 Å². The molecule has 0 unspecified atom stereocenters. The maximum atomic E-state index is 12.9. The number of hydrogen-bond acceptors (Lipinski definition) is 4. The average molecular weight is 413 g/mol. The first kappa shape index (κ1) is 20.4. The normalized spacial score (nSPS) is 15.6. The summed E-state index contributed by atoms with van der Waals surface area (Å²) in [7, 11) is 0. The number of benzene rings is 1. The van der Waals surface area contributed by atoms with Gasteiger partial charge in [0, 0.05) is 30.4 Å². The van der Waals surface area contributed by atoms with Gasteiger partial charge in [-0.05, 0) is 51.0 Å². The van der Waals surface area contributed by atoms with E-state index < -0.39 is 11.7 Å². The largest absolute Gasteiger partial charge is 0.416 e. The third-order valence-corrected chi connectivity index (χ3v) is 5.00. The lowest BCUT2D eigenvalue weighted by Crippen LogP contribution is -2.39. The Hall–Kier alpha value is -2.35. The molecule has 9 heteroatoms. The number of nitrogens with one attached hydrogen (secondary N) is 1. The topological polar surface area (TPSA) is 58.1 Å². The molecule has 0 atom stereocenters. The minimum absolute atomic E-state index is 0.0263. The molecule has 0 aliphatic carbocycles. The number of carbonyl (C=O) groups is 1. The molecule has 0 bridgehead atoms. The first-order valence-corrected chi connectivity index (χ1v) is 9.26. The Morgan fingerprint density at radius 1 is 1.14 bits per heavy atom. The van der Waals surface area contributed by atoms with E-state index in [4.69, 9.17) is 11.6 Å². The van der Waals surface area contributed by atoms with Crippen molar-refractivity contribution in [1.29, 1.82) is 0 Å². The number of nitrogens with zero attached hydrogens (tertiary/aromatic N) is 3. The van der Waals surface area contributed by atoms with Gasteiger partial charge in [-0.2, -0.15) is 13.2 Å². The highest BCUT2D eigenvalue weighted by molar-refractivity contribution is 6.33. The van der Waals surface area contributed by atoms with Gasteiger partial charge in [0.2, 0.25) is 11.9 Å². The van der Waals surface area contributed by atoms with Gasteiger partial charge < -0.3 is 10.2 Å². The number of hydrogen-bond donors (Lipinski definition) is 1. The van der Waals surface area contributed by atoms with E-state index >= 15 is 0 Å². The molecule has 1 N–H and O–H groups in total. The van der Waals surface area contributed by atoms with Crippen LogP contribution in [0.4, 0.5) is 24.8 Å². The smallest absolute Gasteiger partial charge is 0.341 e. The molecule has 0 saturated carbocycles. The standard InChI is InChI=1S/C19H20ClF3N4O/c1-11-9-12(2)25-18(24-11)27-7-5-13(6-8-27)17(28)26-16-10-14(19(21,22)23)3-4-15(16)20/h3-4,9-10,13H,5-8H2,1-2H3,(H,26,28). The monoisotopic (exact) mass is 412 g/mol. The van der Waals surface area contributed by atoms with Gasteiger partial charge in [0.1, 0.15) is 0 Å². The van der Waals surface area contributed by atoms with Crippen molar-refractivity contribution < 1.29 is 18.0 Å². The molecule has 1 fully saturated rings. The number of anilines is 2. The number of piperidine rings is 1. The minimum atomic E-state index is -4.50. The van der Waals surface area contributed by atoms with Crippen LogP contribution in [0, 0.1) is 19.8 Å². The van der Waals surface area contributed by atoms with Crippen molar-refractivity contribution in [3.63, 3.8) is 0 Å². The number of aromatic nitrogens is 2. The summed E-state index contributed by atoms with van der Waals surface area (Å²) in [6, 6.07) is 4.78. The summed E-state index contributed by atoms with van der Waals surface area (Å²) in [6.07, 6.45) is -3.39. The number of carbonyl (C=O) groups excluding carboxylic acids is 1. The number of alkyl halides is 3. The lowest BCUT2D eigenvalue weighted by molar-refractivity contribution is -0.137. The Morgan fingerprint density at radius 2 is 1.75 bits per heavy atom. The Labute approximate surface area is 165 Å². The van der Waals surface area contributed by atoms with Crippen LogP contribution in [0.3, 0.4) is 0 Å². The molecule has 28 heavy (non-hydrogen) atoms. The van der Waals surface area contributed by atoms with Crippen LogP contribution in [-0.4, -0.2) is 29.0 Å². The Kier molecular flexibility index (Phi) is 5.79. The van der Waals surface area contributed by atoms with Crippen molar-refractivity contribution in [2.45, 2.75) is 32.9 Å². The Bertz CT molecular complexity index is 860. The zero-order valence-corrected chi connectivity index (χ0v) is 16.2. The summed E-state index contributed by atoms with van der Waals surface area (Å²) in [5.41, 5.74) is 0.874. The van der Waals surface area contributed by atoms with E-state index in [9.17, 15) is 18.0 Å². The predicted molar refractivity (Wildman–Crippen MR) is 102 cm³/mol. The van der Waals surface area contributed by atoms with Crippen molar-refractivity contribution in [3.05, 3.63) is 46.2 Å². The van der Waals surface area contributed by atoms with Gasteiger partial charge >= 0.3 is 6.18 Å². The molecule has 1 amide bonds. The second-order valence-corrected chi connectivity index (χ2v) is 7.30. The van der Waals surface area contributed by atoms with Gasteiger partial charge in [0.25, 0.3) is 0 Å². The third kappa shape index (κ3) is 4.73. The molecule has 3 rings (SSSR count). The average Bonchev–Trinajstić information content (AvgIpc) is 2.62. The summed E-state index contributed by atoms with van der Waals surface area (Å²) >= 11 is 5.96. The second-order valence-electron chi connectivity index (χ2n) is 6.89. The molecule has 1 aliphatic rings. The van der Waals surface area contributed by atoms with E-state index in [-0.39, 0.29) is 22.5 Å². The maximum absolute atomic E-state index is 12.9. The van der Waals surface area contributed by atoms with Crippen LogP contribution >= 0.6 is 11.6 Å². The van der Waals surface area contributed by atoms with Gasteiger partial charge in [0.05, 0.1) is 16.3 Å². The summed E-state index contributed by atoms with van der Waals surface area (Å²) in [5, 5.41) is 2.62. The van der Waals surface area contributed by atoms with E-state index in [1.54, 1.807) is 0 Å². The van der Waals surface area contributed by atoms with Crippen LogP contribution in [0.15, 0.2) is 24.3 Å². The fourth-order valence-corrected chi connectivity index (χ4v) is 3.39. The summed E-state index contributed by atoms with van der Waals surface area (Å²) in [5.74, 6) is -0.00716. The van der Waals surface area contributed by atoms with E-state index in [2.05, 4.69) is 15.3 Å². The van der Waals surface area contributed by atoms with Gasteiger partial charge in [-0.25, -0.2) is 9.97 Å². The molecular weight excluding hydrogens is 393 g/mol. The van der Waals surface area contributed by atoms with E-state index in [0.29, 0.717) is 31.9 Å². The summed E-state index contributed by atoms with van der Waals surface area (Å²) in [6.45, 7) is 4.99. The minimum Gasteiger partial charge on any atom is -0.341 e. The van der Waals surface area contributed by atoms with Crippen molar-refractivity contribution in [3.8, 4) is 0 Å². The molecule has 2 heterocycles. The predicted octanol–water partition coefficient (Wildman–Crippen LogP) is 4.62. The molecule has 1 aromatic carbocycles. The fourth-order valence-electron chi connectivity index (χ4n) is 3.22. The zero-order chi connectivity index (χ0) is 20.5. The molecule has 1 aromatic heterocycles. The van der Waals surface area contributed by atoms with Crippen LogP contribution in [0.5, 0.6) is 0 Å². The fraction of sp³-hybridized carbons (Fsp3) is 0.421. The van der Waals surface area contributed by atoms with Crippen molar-refractivity contribution in [2.75, 3.05) is 23.3 Å². The van der Waals surface area contributed by atoms with Gasteiger partial charge in [-0.1, -0.05) is 11.6 Å². The van der Waals surface area contributed by atoms with E-state index in [1.165, 1.54) is 0 Å². The lowest BCUT2D eigenvalue weighted by atomic mass is 9.96. The first-order chi connectivity index (χ1) is 13.1. The third-order valence-electron chi connectivity index (χ3n) is 4.67. The maximum Gasteiger partial charge on any atom is 0.416 e. The number of amides is 1. The molecule has 5 nitrogen and oxygen atoms in total. The second kappa shape index (κ2) is 7.95. The quantitative estimate of drug-likeness (QED) is 0.799. The Balaban J connectivity index is 1.64. The van der Waals surface area contributed by atoms with Gasteiger partial charge in [-0.3, -0.25) is 4.79 Å². The van der Waals surface area contributed by atoms with Crippen molar-refractivity contribution >= 4 is 29.1 Å². The highest BCUT2D eigenvalue weighted by atomic mass is 35.5. The molecule has 2 aromatic rings. The summed E-state index contributed by atoms with van der Waals surface area (Å²) in [4.78, 5) is 23.4. The summed E-state index contributed by atoms with van der Waals surface area (Å²) < 4.78 is 38.6. The number of halogens is 4. The molecule has 0 spiro atoms. The van der Waals surface area contributed by atoms with Crippen LogP contribution in [0.2, 0.25) is 5.02 Å². The number of aryl methyl sites for hydroxylation is 2. The highest BCUT2D eigenvalue weighted by Crippen LogP contribution is 2.34. The van der Waals surface area contributed by atoms with Crippen LogP contribution in [0.25, 0.3) is 0 Å². The van der Waals surface area contributed by atoms with Gasteiger partial charge in [0.15, 0.2) is 0 Å². The first-order valence-electron chi connectivity index (χ1n) is 8.88. The van der Waals surface area contributed by atoms with Crippen LogP contribution < -0.4 is 10.2 Å². The molecule has 150 valence electrons. The van der Waals surface area contributed by atoms with E-state index in [0.717, 1.165) is 29.6 Å². The van der Waals surface area contributed by atoms with Crippen molar-refractivity contribution in [2.24, 2.45) is 5.92 Å². The van der Waals surface area contributed by atoms with Crippen LogP contribution in [-0.2, 0) is 11.0 Å². The lowest BCUT2D eigenvalue weighted by Gasteiger charge is -2.31. The van der Waals surface area contributed by atoms with Crippen LogP contribution in [0.1, 0.15) is 29.8 Å². The van der Waals surface area contributed by atoms with E-state index in [1.807, 2.05) is 24.8 Å². The highest BCUT2D eigenvalue weighted by Gasteiger charge is 2.32. The van der Waals surface area contributed by atoms with Crippen molar-refractivity contribution in [1.82, 2.24) is 9.97 Å². The molecule has 0 radical (unpaired) electrons. The molecule has 1 saturated heterocycles. The zero-order valence-electron chi connectivity index (χ0n) is 15.5. The number of rotatable bonds is 3. The Morgan fingerprint density at radius 3 is 2.32 bits per heavy atom.